The Morgan fingerprint density at radius 2 is 2.41 bits per heavy atom. The van der Waals surface area contributed by atoms with Gasteiger partial charge in [0, 0.05) is 26.4 Å². The van der Waals surface area contributed by atoms with Crippen LogP contribution in [-0.4, -0.2) is 36.3 Å². The molecule has 0 bridgehead atoms. The predicted molar refractivity (Wildman–Crippen MR) is 71.4 cm³/mol. The van der Waals surface area contributed by atoms with Crippen LogP contribution in [0.3, 0.4) is 0 Å². The van der Waals surface area contributed by atoms with Gasteiger partial charge in [-0.2, -0.15) is 4.98 Å². The first-order chi connectivity index (χ1) is 8.29. The van der Waals surface area contributed by atoms with E-state index in [9.17, 15) is 0 Å². The summed E-state index contributed by atoms with van der Waals surface area (Å²) in [5.41, 5.74) is 0. The Hall–Kier alpha value is -0.880. The predicted octanol–water partition coefficient (Wildman–Crippen LogP) is 2.26. The SMILES string of the molecule is CNc1ncc(Br)c(NCC2CCCCO2)n1. The lowest BCUT2D eigenvalue weighted by Gasteiger charge is -2.23. The molecule has 0 spiro atoms. The van der Waals surface area contributed by atoms with E-state index < -0.39 is 0 Å². The fourth-order valence-electron chi connectivity index (χ4n) is 1.79. The summed E-state index contributed by atoms with van der Waals surface area (Å²) in [6.07, 6.45) is 5.58. The summed E-state index contributed by atoms with van der Waals surface area (Å²) < 4.78 is 6.53. The molecular formula is C11H17BrN4O. The van der Waals surface area contributed by atoms with Gasteiger partial charge in [-0.25, -0.2) is 4.98 Å². The first-order valence-corrected chi connectivity index (χ1v) is 6.64. The van der Waals surface area contributed by atoms with Gasteiger partial charge in [-0.1, -0.05) is 0 Å². The number of aromatic nitrogens is 2. The highest BCUT2D eigenvalue weighted by Gasteiger charge is 2.14. The number of halogens is 1. The number of ether oxygens (including phenoxy) is 1. The third-order valence-corrected chi connectivity index (χ3v) is 3.32. The first-order valence-electron chi connectivity index (χ1n) is 5.85. The van der Waals surface area contributed by atoms with Crippen molar-refractivity contribution >= 4 is 27.7 Å². The standard InChI is InChI=1S/C11H17BrN4O/c1-13-11-15-7-9(12)10(16-11)14-6-8-4-2-3-5-17-8/h7-8H,2-6H2,1H3,(H2,13,14,15,16). The maximum Gasteiger partial charge on any atom is 0.224 e. The Kier molecular flexibility index (Phi) is 4.56. The average molecular weight is 301 g/mol. The van der Waals surface area contributed by atoms with Crippen LogP contribution in [0.15, 0.2) is 10.7 Å². The van der Waals surface area contributed by atoms with Crippen molar-refractivity contribution in [1.29, 1.82) is 0 Å². The largest absolute Gasteiger partial charge is 0.376 e. The topological polar surface area (TPSA) is 59.1 Å². The van der Waals surface area contributed by atoms with Crippen molar-refractivity contribution < 1.29 is 4.74 Å². The monoisotopic (exact) mass is 300 g/mol. The van der Waals surface area contributed by atoms with Gasteiger partial charge in [-0.3, -0.25) is 0 Å². The van der Waals surface area contributed by atoms with E-state index in [-0.39, 0.29) is 0 Å². The lowest BCUT2D eigenvalue weighted by Crippen LogP contribution is -2.27. The van der Waals surface area contributed by atoms with Crippen molar-refractivity contribution in [3.05, 3.63) is 10.7 Å². The smallest absolute Gasteiger partial charge is 0.224 e. The molecule has 1 aromatic rings. The molecule has 0 aromatic carbocycles. The third-order valence-electron chi connectivity index (χ3n) is 2.74. The van der Waals surface area contributed by atoms with Gasteiger partial charge < -0.3 is 15.4 Å². The molecule has 2 rings (SSSR count). The molecule has 0 radical (unpaired) electrons. The van der Waals surface area contributed by atoms with E-state index in [0.29, 0.717) is 12.1 Å². The van der Waals surface area contributed by atoms with Crippen LogP contribution >= 0.6 is 15.9 Å². The van der Waals surface area contributed by atoms with Gasteiger partial charge >= 0.3 is 0 Å². The molecule has 6 heteroatoms. The Morgan fingerprint density at radius 1 is 1.53 bits per heavy atom. The molecule has 0 aliphatic carbocycles. The maximum atomic E-state index is 5.66. The summed E-state index contributed by atoms with van der Waals surface area (Å²) in [5.74, 6) is 1.42. The van der Waals surface area contributed by atoms with Crippen LogP contribution < -0.4 is 10.6 Å². The zero-order valence-corrected chi connectivity index (χ0v) is 11.5. The molecular weight excluding hydrogens is 284 g/mol. The van der Waals surface area contributed by atoms with Crippen molar-refractivity contribution in [3.8, 4) is 0 Å². The number of nitrogens with zero attached hydrogens (tertiary/aromatic N) is 2. The van der Waals surface area contributed by atoms with E-state index >= 15 is 0 Å². The van der Waals surface area contributed by atoms with Crippen molar-refractivity contribution in [2.24, 2.45) is 0 Å². The highest BCUT2D eigenvalue weighted by Crippen LogP contribution is 2.21. The molecule has 0 saturated carbocycles. The van der Waals surface area contributed by atoms with Gasteiger partial charge in [0.2, 0.25) is 5.95 Å². The molecule has 17 heavy (non-hydrogen) atoms. The Labute approximate surface area is 110 Å². The molecule has 94 valence electrons. The molecule has 1 aliphatic rings. The lowest BCUT2D eigenvalue weighted by molar-refractivity contribution is 0.0247. The van der Waals surface area contributed by atoms with E-state index in [2.05, 4.69) is 36.5 Å². The van der Waals surface area contributed by atoms with E-state index in [4.69, 9.17) is 4.74 Å². The fourth-order valence-corrected chi connectivity index (χ4v) is 2.12. The second-order valence-corrected chi connectivity index (χ2v) is 4.86. The van der Waals surface area contributed by atoms with Gasteiger partial charge in [0.1, 0.15) is 5.82 Å². The van der Waals surface area contributed by atoms with Crippen LogP contribution in [0.5, 0.6) is 0 Å². The van der Waals surface area contributed by atoms with E-state index in [1.165, 1.54) is 12.8 Å². The minimum atomic E-state index is 0.295. The van der Waals surface area contributed by atoms with Crippen molar-refractivity contribution in [1.82, 2.24) is 9.97 Å². The first kappa shape index (κ1) is 12.6. The van der Waals surface area contributed by atoms with Crippen molar-refractivity contribution in [2.75, 3.05) is 30.8 Å². The third kappa shape index (κ3) is 3.54. The summed E-state index contributed by atoms with van der Waals surface area (Å²) in [4.78, 5) is 8.45. The minimum Gasteiger partial charge on any atom is -0.376 e. The normalized spacial score (nSPS) is 20.0. The fraction of sp³-hybridized carbons (Fsp3) is 0.636. The lowest BCUT2D eigenvalue weighted by atomic mass is 10.1. The molecule has 1 atom stereocenters. The number of hydrogen-bond donors (Lipinski definition) is 2. The van der Waals surface area contributed by atoms with Crippen LogP contribution in [0.4, 0.5) is 11.8 Å². The quantitative estimate of drug-likeness (QED) is 0.893. The molecule has 1 saturated heterocycles. The molecule has 1 fully saturated rings. The number of rotatable bonds is 4. The Balaban J connectivity index is 1.92. The molecule has 5 nitrogen and oxygen atoms in total. The van der Waals surface area contributed by atoms with Gasteiger partial charge in [0.05, 0.1) is 10.6 Å². The number of hydrogen-bond acceptors (Lipinski definition) is 5. The highest BCUT2D eigenvalue weighted by atomic mass is 79.9. The molecule has 1 aromatic heterocycles. The van der Waals surface area contributed by atoms with Gasteiger partial charge in [-0.15, -0.1) is 0 Å². The van der Waals surface area contributed by atoms with Crippen LogP contribution in [0, 0.1) is 0 Å². The van der Waals surface area contributed by atoms with Crippen LogP contribution in [0.25, 0.3) is 0 Å². The Morgan fingerprint density at radius 3 is 3.12 bits per heavy atom. The highest BCUT2D eigenvalue weighted by molar-refractivity contribution is 9.10. The Bertz CT molecular complexity index is 368. The molecule has 2 N–H and O–H groups in total. The van der Waals surface area contributed by atoms with Crippen LogP contribution in [0.2, 0.25) is 0 Å². The minimum absolute atomic E-state index is 0.295. The zero-order chi connectivity index (χ0) is 12.1. The second kappa shape index (κ2) is 6.16. The van der Waals surface area contributed by atoms with E-state index in [0.717, 1.165) is 29.9 Å². The second-order valence-electron chi connectivity index (χ2n) is 4.01. The van der Waals surface area contributed by atoms with Gasteiger partial charge in [0.25, 0.3) is 0 Å². The van der Waals surface area contributed by atoms with Gasteiger partial charge in [-0.05, 0) is 35.2 Å². The maximum absolute atomic E-state index is 5.66. The van der Waals surface area contributed by atoms with Gasteiger partial charge in [0.15, 0.2) is 0 Å². The summed E-state index contributed by atoms with van der Waals surface area (Å²) in [5, 5.41) is 6.21. The molecule has 1 unspecified atom stereocenters. The zero-order valence-electron chi connectivity index (χ0n) is 9.87. The van der Waals surface area contributed by atoms with E-state index in [1.54, 1.807) is 13.2 Å². The summed E-state index contributed by atoms with van der Waals surface area (Å²) >= 11 is 3.43. The summed E-state index contributed by atoms with van der Waals surface area (Å²) in [7, 11) is 1.80. The van der Waals surface area contributed by atoms with Crippen LogP contribution in [-0.2, 0) is 4.74 Å². The average Bonchev–Trinajstić information content (AvgIpc) is 2.39. The van der Waals surface area contributed by atoms with Crippen molar-refractivity contribution in [3.63, 3.8) is 0 Å². The van der Waals surface area contributed by atoms with Crippen molar-refractivity contribution in [2.45, 2.75) is 25.4 Å². The summed E-state index contributed by atoms with van der Waals surface area (Å²) in [6, 6.07) is 0. The molecule has 0 amide bonds. The van der Waals surface area contributed by atoms with Crippen LogP contribution in [0.1, 0.15) is 19.3 Å². The molecule has 2 heterocycles. The molecule has 1 aliphatic heterocycles. The number of nitrogens with one attached hydrogen (secondary N) is 2. The van der Waals surface area contributed by atoms with E-state index in [1.807, 2.05) is 0 Å². The summed E-state index contributed by atoms with van der Waals surface area (Å²) in [6.45, 7) is 1.66. The number of anilines is 2.